The summed E-state index contributed by atoms with van der Waals surface area (Å²) in [5.41, 5.74) is -0.237. The minimum absolute atomic E-state index is 0.188. The second kappa shape index (κ2) is 7.59. The van der Waals surface area contributed by atoms with E-state index in [1.807, 2.05) is 0 Å². The van der Waals surface area contributed by atoms with Crippen molar-refractivity contribution < 1.29 is 31.5 Å². The number of nitrogens with zero attached hydrogens (tertiary/aromatic N) is 3. The smallest absolute Gasteiger partial charge is 0.407 e. The number of rotatable bonds is 5. The quantitative estimate of drug-likeness (QED) is 0.633. The second-order valence-electron chi connectivity index (χ2n) is 6.09. The average molecular weight is 425 g/mol. The van der Waals surface area contributed by atoms with Crippen molar-refractivity contribution >= 4 is 16.1 Å². The van der Waals surface area contributed by atoms with Crippen molar-refractivity contribution in [1.82, 2.24) is 13.9 Å². The Kier molecular flexibility index (Phi) is 5.33. The van der Waals surface area contributed by atoms with Crippen LogP contribution >= 0.6 is 0 Å². The van der Waals surface area contributed by atoms with Gasteiger partial charge in [0.2, 0.25) is 5.95 Å². The lowest BCUT2D eigenvalue weighted by molar-refractivity contribution is 0.154. The summed E-state index contributed by atoms with van der Waals surface area (Å²) >= 11 is 0. The van der Waals surface area contributed by atoms with Gasteiger partial charge in [-0.3, -0.25) is 0 Å². The molecule has 0 aliphatic carbocycles. The van der Waals surface area contributed by atoms with Crippen LogP contribution in [0.5, 0.6) is 0 Å². The molecule has 0 spiro atoms. The normalized spacial score (nSPS) is 11.4. The number of carboxylic acid groups (broad SMARTS) is 1. The van der Waals surface area contributed by atoms with Crippen LogP contribution in [0.15, 0.2) is 53.7 Å². The molecule has 0 aliphatic heterocycles. The number of aromatic nitrogens is 2. The topological polar surface area (TPSA) is 92.5 Å². The van der Waals surface area contributed by atoms with Crippen LogP contribution < -0.4 is 0 Å². The van der Waals surface area contributed by atoms with E-state index in [1.54, 1.807) is 0 Å². The van der Waals surface area contributed by atoms with E-state index in [1.165, 1.54) is 25.2 Å². The third-order valence-electron chi connectivity index (χ3n) is 4.05. The summed E-state index contributed by atoms with van der Waals surface area (Å²) in [5, 5.41) is 9.02. The zero-order chi connectivity index (χ0) is 21.3. The molecule has 2 aromatic heterocycles. The number of benzene rings is 1. The molecule has 3 aromatic rings. The van der Waals surface area contributed by atoms with Crippen LogP contribution in [0, 0.1) is 17.6 Å². The van der Waals surface area contributed by atoms with Crippen LogP contribution in [-0.4, -0.2) is 40.5 Å². The summed E-state index contributed by atoms with van der Waals surface area (Å²) in [4.78, 5) is 14.5. The zero-order valence-corrected chi connectivity index (χ0v) is 15.7. The first-order valence-corrected chi connectivity index (χ1v) is 9.52. The fourth-order valence-electron chi connectivity index (χ4n) is 2.68. The van der Waals surface area contributed by atoms with Crippen molar-refractivity contribution in [2.24, 2.45) is 0 Å². The van der Waals surface area contributed by atoms with E-state index >= 15 is 0 Å². The lowest BCUT2D eigenvalue weighted by Gasteiger charge is -2.12. The molecular weight excluding hydrogens is 411 g/mol. The molecule has 1 amide bonds. The Morgan fingerprint density at radius 3 is 2.59 bits per heavy atom. The van der Waals surface area contributed by atoms with E-state index in [-0.39, 0.29) is 23.4 Å². The summed E-state index contributed by atoms with van der Waals surface area (Å²) in [6, 6.07) is 5.81. The first kappa shape index (κ1) is 20.4. The minimum atomic E-state index is -4.68. The van der Waals surface area contributed by atoms with Crippen molar-refractivity contribution in [3.05, 3.63) is 71.9 Å². The fraction of sp³-hybridized carbons (Fsp3) is 0.111. The molecule has 0 radical (unpaired) electrons. The average Bonchev–Trinajstić information content (AvgIpc) is 3.08. The van der Waals surface area contributed by atoms with E-state index < -0.39 is 38.6 Å². The summed E-state index contributed by atoms with van der Waals surface area (Å²) < 4.78 is 68.6. The number of hydrogen-bond donors (Lipinski definition) is 1. The van der Waals surface area contributed by atoms with Crippen LogP contribution in [-0.2, 0) is 16.6 Å². The van der Waals surface area contributed by atoms with Crippen molar-refractivity contribution in [3.63, 3.8) is 0 Å². The fourth-order valence-corrected chi connectivity index (χ4v) is 4.15. The molecule has 0 atom stereocenters. The van der Waals surface area contributed by atoms with Crippen LogP contribution in [0.1, 0.15) is 5.56 Å². The lowest BCUT2D eigenvalue weighted by atomic mass is 10.2. The Balaban J connectivity index is 2.23. The highest BCUT2D eigenvalue weighted by molar-refractivity contribution is 7.90. The number of carbonyl (C=O) groups is 1. The Morgan fingerprint density at radius 2 is 1.93 bits per heavy atom. The zero-order valence-electron chi connectivity index (χ0n) is 14.9. The molecule has 0 saturated carbocycles. The van der Waals surface area contributed by atoms with Crippen LogP contribution in [0.4, 0.5) is 18.0 Å². The Hall–Kier alpha value is -3.34. The number of pyridine rings is 1. The predicted molar refractivity (Wildman–Crippen MR) is 96.1 cm³/mol. The third-order valence-corrected chi connectivity index (χ3v) is 5.74. The highest BCUT2D eigenvalue weighted by Crippen LogP contribution is 2.30. The summed E-state index contributed by atoms with van der Waals surface area (Å²) in [6.45, 7) is -0.224. The largest absolute Gasteiger partial charge is 0.465 e. The summed E-state index contributed by atoms with van der Waals surface area (Å²) in [6.07, 6.45) is 0.915. The Bertz CT molecular complexity index is 1190. The molecule has 1 aromatic carbocycles. The van der Waals surface area contributed by atoms with Gasteiger partial charge in [0, 0.05) is 19.4 Å². The van der Waals surface area contributed by atoms with Gasteiger partial charge in [0.05, 0.1) is 17.8 Å². The van der Waals surface area contributed by atoms with Gasteiger partial charge in [0.1, 0.15) is 16.5 Å². The highest BCUT2D eigenvalue weighted by Gasteiger charge is 2.27. The van der Waals surface area contributed by atoms with Gasteiger partial charge in [-0.25, -0.2) is 30.9 Å². The second-order valence-corrected chi connectivity index (χ2v) is 7.87. The lowest BCUT2D eigenvalue weighted by Crippen LogP contribution is -2.23. The monoisotopic (exact) mass is 425 g/mol. The molecule has 11 heteroatoms. The van der Waals surface area contributed by atoms with Crippen molar-refractivity contribution in [3.8, 4) is 11.3 Å². The summed E-state index contributed by atoms with van der Waals surface area (Å²) in [5.74, 6) is -3.15. The molecule has 0 unspecified atom stereocenters. The first-order chi connectivity index (χ1) is 13.6. The van der Waals surface area contributed by atoms with Gasteiger partial charge in [0.15, 0.2) is 0 Å². The molecule has 1 N–H and O–H groups in total. The minimum Gasteiger partial charge on any atom is -0.465 e. The van der Waals surface area contributed by atoms with E-state index in [4.69, 9.17) is 5.11 Å². The summed E-state index contributed by atoms with van der Waals surface area (Å²) in [7, 11) is -3.43. The molecule has 29 heavy (non-hydrogen) atoms. The maximum Gasteiger partial charge on any atom is 0.407 e. The Labute approximate surface area is 163 Å². The van der Waals surface area contributed by atoms with Gasteiger partial charge in [-0.2, -0.15) is 4.39 Å². The number of halogens is 3. The molecule has 2 heterocycles. The molecule has 0 aliphatic rings. The third kappa shape index (κ3) is 3.94. The maximum absolute atomic E-state index is 14.2. The molecule has 152 valence electrons. The molecular formula is C18H14F3N3O4S. The molecule has 3 rings (SSSR count). The van der Waals surface area contributed by atoms with Crippen molar-refractivity contribution in [1.29, 1.82) is 0 Å². The first-order valence-electron chi connectivity index (χ1n) is 8.08. The van der Waals surface area contributed by atoms with Gasteiger partial charge in [-0.15, -0.1) is 0 Å². The van der Waals surface area contributed by atoms with Crippen LogP contribution in [0.3, 0.4) is 0 Å². The van der Waals surface area contributed by atoms with Crippen molar-refractivity contribution in [2.45, 2.75) is 11.4 Å². The standard InChI is InChI=1S/C18H14F3N3O4S/c1-23(18(25)26)9-11-7-15(13-3-2-6-22-17(13)21)24(10-11)29(27,28)16-8-12(19)4-5-14(16)20/h2-8,10H,9H2,1H3,(H,25,26). The van der Waals surface area contributed by atoms with Crippen LogP contribution in [0.2, 0.25) is 0 Å². The predicted octanol–water partition coefficient (Wildman–Crippen LogP) is 3.31. The van der Waals surface area contributed by atoms with E-state index in [2.05, 4.69) is 4.98 Å². The van der Waals surface area contributed by atoms with Gasteiger partial charge in [-0.1, -0.05) is 0 Å². The number of amides is 1. The van der Waals surface area contributed by atoms with Crippen LogP contribution in [0.25, 0.3) is 11.3 Å². The van der Waals surface area contributed by atoms with Gasteiger partial charge in [0.25, 0.3) is 10.0 Å². The van der Waals surface area contributed by atoms with Gasteiger partial charge in [-0.05, 0) is 42.0 Å². The SMILES string of the molecule is CN(Cc1cc(-c2cccnc2F)n(S(=O)(=O)c2cc(F)ccc2F)c1)C(=O)O. The Morgan fingerprint density at radius 1 is 1.21 bits per heavy atom. The molecule has 0 bridgehead atoms. The van der Waals surface area contributed by atoms with E-state index in [0.717, 1.165) is 23.4 Å². The maximum atomic E-state index is 14.2. The van der Waals surface area contributed by atoms with E-state index in [9.17, 15) is 26.4 Å². The molecule has 0 fully saturated rings. The highest BCUT2D eigenvalue weighted by atomic mass is 32.2. The molecule has 7 nitrogen and oxygen atoms in total. The molecule has 0 saturated heterocycles. The number of hydrogen-bond acceptors (Lipinski definition) is 4. The van der Waals surface area contributed by atoms with E-state index in [0.29, 0.717) is 16.1 Å². The van der Waals surface area contributed by atoms with Crippen molar-refractivity contribution in [2.75, 3.05) is 7.05 Å². The van der Waals surface area contributed by atoms with Gasteiger partial charge < -0.3 is 10.0 Å². The van der Waals surface area contributed by atoms with Gasteiger partial charge >= 0.3 is 6.09 Å².